The van der Waals surface area contributed by atoms with Gasteiger partial charge < -0.3 is 10.2 Å². The number of aryl methyl sites for hydroxylation is 1. The van der Waals surface area contributed by atoms with Gasteiger partial charge in [0.05, 0.1) is 18.3 Å². The van der Waals surface area contributed by atoms with Crippen molar-refractivity contribution in [2.75, 3.05) is 13.1 Å². The number of amides is 1. The number of likely N-dealkylation sites (tertiary alicyclic amines) is 1. The molecule has 104 valence electrons. The predicted molar refractivity (Wildman–Crippen MR) is 75.7 cm³/mol. The number of pyridine rings is 1. The summed E-state index contributed by atoms with van der Waals surface area (Å²) >= 11 is 0. The number of nitrogens with zero attached hydrogens (tertiary/aromatic N) is 2. The van der Waals surface area contributed by atoms with Crippen molar-refractivity contribution >= 4 is 5.91 Å². The standard InChI is InChI=1S/C15H23N3O/c1-3-12-7-5-9-17-14(12)11-18-10-6-8-13(15(18)19)16-4-2/h5,7,9,13,16H,3-4,6,8,10-11H2,1-2H3. The minimum absolute atomic E-state index is 0.00691. The Morgan fingerprint density at radius 1 is 1.47 bits per heavy atom. The number of rotatable bonds is 5. The number of nitrogens with one attached hydrogen (secondary N) is 1. The molecule has 1 N–H and O–H groups in total. The average Bonchev–Trinajstić information content (AvgIpc) is 2.44. The van der Waals surface area contributed by atoms with Gasteiger partial charge in [0.15, 0.2) is 0 Å². The van der Waals surface area contributed by atoms with Crippen LogP contribution in [0.5, 0.6) is 0 Å². The predicted octanol–water partition coefficient (Wildman–Crippen LogP) is 1.74. The van der Waals surface area contributed by atoms with Gasteiger partial charge in [-0.1, -0.05) is 19.9 Å². The lowest BCUT2D eigenvalue weighted by Crippen LogP contribution is -2.50. The lowest BCUT2D eigenvalue weighted by Gasteiger charge is -2.32. The fraction of sp³-hybridized carbons (Fsp3) is 0.600. The van der Waals surface area contributed by atoms with Crippen LogP contribution in [-0.4, -0.2) is 34.9 Å². The summed E-state index contributed by atoms with van der Waals surface area (Å²) in [4.78, 5) is 18.7. The van der Waals surface area contributed by atoms with Gasteiger partial charge in [0.25, 0.3) is 0 Å². The summed E-state index contributed by atoms with van der Waals surface area (Å²) in [6.07, 6.45) is 4.79. The van der Waals surface area contributed by atoms with Gasteiger partial charge in [0, 0.05) is 12.7 Å². The number of piperidine rings is 1. The molecule has 19 heavy (non-hydrogen) atoms. The molecule has 0 aromatic carbocycles. The van der Waals surface area contributed by atoms with Crippen molar-refractivity contribution in [3.05, 3.63) is 29.6 Å². The molecular weight excluding hydrogens is 238 g/mol. The van der Waals surface area contributed by atoms with Crippen LogP contribution in [0.15, 0.2) is 18.3 Å². The van der Waals surface area contributed by atoms with Crippen molar-refractivity contribution in [2.45, 2.75) is 45.7 Å². The van der Waals surface area contributed by atoms with Crippen LogP contribution in [-0.2, 0) is 17.8 Å². The first-order chi connectivity index (χ1) is 9.26. The van der Waals surface area contributed by atoms with Crippen molar-refractivity contribution in [3.8, 4) is 0 Å². The molecule has 1 aliphatic heterocycles. The van der Waals surface area contributed by atoms with Crippen molar-refractivity contribution in [3.63, 3.8) is 0 Å². The third kappa shape index (κ3) is 3.32. The van der Waals surface area contributed by atoms with E-state index in [0.717, 1.165) is 38.0 Å². The van der Waals surface area contributed by atoms with E-state index in [0.29, 0.717) is 6.54 Å². The second-order valence-electron chi connectivity index (χ2n) is 4.98. The summed E-state index contributed by atoms with van der Waals surface area (Å²) in [7, 11) is 0. The quantitative estimate of drug-likeness (QED) is 0.878. The fourth-order valence-corrected chi connectivity index (χ4v) is 2.65. The lowest BCUT2D eigenvalue weighted by atomic mass is 10.0. The van der Waals surface area contributed by atoms with Crippen LogP contribution in [0.3, 0.4) is 0 Å². The summed E-state index contributed by atoms with van der Waals surface area (Å²) in [6.45, 7) is 6.50. The zero-order valence-corrected chi connectivity index (χ0v) is 11.9. The van der Waals surface area contributed by atoms with Gasteiger partial charge in [-0.25, -0.2) is 0 Å². The molecule has 4 heteroatoms. The van der Waals surface area contributed by atoms with E-state index in [1.54, 1.807) is 0 Å². The van der Waals surface area contributed by atoms with E-state index in [2.05, 4.69) is 23.3 Å². The normalized spacial score (nSPS) is 19.8. The Hall–Kier alpha value is -1.42. The fourth-order valence-electron chi connectivity index (χ4n) is 2.65. The van der Waals surface area contributed by atoms with E-state index >= 15 is 0 Å². The van der Waals surface area contributed by atoms with E-state index in [4.69, 9.17) is 0 Å². The summed E-state index contributed by atoms with van der Waals surface area (Å²) < 4.78 is 0. The van der Waals surface area contributed by atoms with Crippen molar-refractivity contribution in [1.82, 2.24) is 15.2 Å². The summed E-state index contributed by atoms with van der Waals surface area (Å²) in [5, 5.41) is 3.27. The van der Waals surface area contributed by atoms with Gasteiger partial charge >= 0.3 is 0 Å². The molecule has 1 saturated heterocycles. The van der Waals surface area contributed by atoms with Crippen molar-refractivity contribution in [2.24, 2.45) is 0 Å². The maximum atomic E-state index is 12.4. The minimum atomic E-state index is -0.00691. The molecule has 2 rings (SSSR count). The average molecular weight is 261 g/mol. The van der Waals surface area contributed by atoms with Crippen molar-refractivity contribution < 1.29 is 4.79 Å². The molecular formula is C15H23N3O. The zero-order valence-electron chi connectivity index (χ0n) is 11.9. The molecule has 0 radical (unpaired) electrons. The van der Waals surface area contributed by atoms with E-state index < -0.39 is 0 Å². The Bertz CT molecular complexity index is 431. The zero-order chi connectivity index (χ0) is 13.7. The number of carbonyl (C=O) groups excluding carboxylic acids is 1. The molecule has 1 unspecified atom stereocenters. The van der Waals surface area contributed by atoms with Gasteiger partial charge in [-0.05, 0) is 37.4 Å². The van der Waals surface area contributed by atoms with E-state index in [1.165, 1.54) is 5.56 Å². The highest BCUT2D eigenvalue weighted by Crippen LogP contribution is 2.16. The number of aromatic nitrogens is 1. The first kappa shape index (κ1) is 14.0. The number of likely N-dealkylation sites (N-methyl/N-ethyl adjacent to an activating group) is 1. The van der Waals surface area contributed by atoms with Gasteiger partial charge in [0.1, 0.15) is 0 Å². The monoisotopic (exact) mass is 261 g/mol. The van der Waals surface area contributed by atoms with Crippen LogP contribution in [0, 0.1) is 0 Å². The number of hydrogen-bond acceptors (Lipinski definition) is 3. The van der Waals surface area contributed by atoms with Crippen LogP contribution in [0.2, 0.25) is 0 Å². The molecule has 1 fully saturated rings. The third-order valence-electron chi connectivity index (χ3n) is 3.69. The molecule has 0 bridgehead atoms. The van der Waals surface area contributed by atoms with Gasteiger partial charge in [-0.2, -0.15) is 0 Å². The molecule has 1 amide bonds. The SMILES string of the molecule is CCNC1CCCN(Cc2ncccc2CC)C1=O. The largest absolute Gasteiger partial charge is 0.335 e. The molecule has 0 saturated carbocycles. The Balaban J connectivity index is 2.07. The molecule has 0 aliphatic carbocycles. The summed E-state index contributed by atoms with van der Waals surface area (Å²) in [5.41, 5.74) is 2.27. The number of carbonyl (C=O) groups is 1. The summed E-state index contributed by atoms with van der Waals surface area (Å²) in [5.74, 6) is 0.223. The molecule has 1 aliphatic rings. The molecule has 1 aromatic heterocycles. The highest BCUT2D eigenvalue weighted by Gasteiger charge is 2.28. The van der Waals surface area contributed by atoms with E-state index in [1.807, 2.05) is 24.1 Å². The van der Waals surface area contributed by atoms with Crippen LogP contribution in [0.25, 0.3) is 0 Å². The second kappa shape index (κ2) is 6.66. The third-order valence-corrected chi connectivity index (χ3v) is 3.69. The van der Waals surface area contributed by atoms with Gasteiger partial charge in [0.2, 0.25) is 5.91 Å². The van der Waals surface area contributed by atoms with Crippen molar-refractivity contribution in [1.29, 1.82) is 0 Å². The Morgan fingerprint density at radius 2 is 2.32 bits per heavy atom. The Kier molecular flexibility index (Phi) is 4.91. The minimum Gasteiger partial charge on any atom is -0.335 e. The maximum absolute atomic E-state index is 12.4. The molecule has 2 heterocycles. The topological polar surface area (TPSA) is 45.2 Å². The highest BCUT2D eigenvalue weighted by atomic mass is 16.2. The number of hydrogen-bond donors (Lipinski definition) is 1. The van der Waals surface area contributed by atoms with Gasteiger partial charge in [-0.15, -0.1) is 0 Å². The first-order valence-electron chi connectivity index (χ1n) is 7.21. The molecule has 1 aromatic rings. The molecule has 0 spiro atoms. The Labute approximate surface area is 115 Å². The highest BCUT2D eigenvalue weighted by molar-refractivity contribution is 5.82. The van der Waals surface area contributed by atoms with Crippen LogP contribution < -0.4 is 5.32 Å². The maximum Gasteiger partial charge on any atom is 0.240 e. The summed E-state index contributed by atoms with van der Waals surface area (Å²) in [6, 6.07) is 4.05. The van der Waals surface area contributed by atoms with Crippen LogP contribution >= 0.6 is 0 Å². The lowest BCUT2D eigenvalue weighted by molar-refractivity contribution is -0.136. The molecule has 4 nitrogen and oxygen atoms in total. The van der Waals surface area contributed by atoms with Crippen LogP contribution in [0.1, 0.15) is 37.9 Å². The second-order valence-corrected chi connectivity index (χ2v) is 4.98. The first-order valence-corrected chi connectivity index (χ1v) is 7.21. The van der Waals surface area contributed by atoms with Crippen LogP contribution in [0.4, 0.5) is 0 Å². The molecule has 1 atom stereocenters. The van der Waals surface area contributed by atoms with E-state index in [-0.39, 0.29) is 11.9 Å². The Morgan fingerprint density at radius 3 is 3.05 bits per heavy atom. The van der Waals surface area contributed by atoms with Gasteiger partial charge in [-0.3, -0.25) is 9.78 Å². The smallest absolute Gasteiger partial charge is 0.240 e. The van der Waals surface area contributed by atoms with E-state index in [9.17, 15) is 4.79 Å².